The van der Waals surface area contributed by atoms with Gasteiger partial charge < -0.3 is 10.6 Å². The van der Waals surface area contributed by atoms with E-state index in [1.807, 2.05) is 80.6 Å². The predicted molar refractivity (Wildman–Crippen MR) is 133 cm³/mol. The largest absolute Gasteiger partial charge is 0.351 e. The molecule has 0 aliphatic carbocycles. The van der Waals surface area contributed by atoms with Gasteiger partial charge in [-0.1, -0.05) is 61.5 Å². The standard InChI is InChI=1S/C27H30N2O2S/c1-4-32-24-16-10-20(11-17-24)18-25(30)29-23-14-12-22(13-15-23)27(2,3)26(31)28-19-21-8-6-5-7-9-21/h5-17H,4,18-19H2,1-3H3,(H,28,31)(H,29,30). The molecule has 0 atom stereocenters. The molecule has 4 nitrogen and oxygen atoms in total. The van der Waals surface area contributed by atoms with Crippen molar-refractivity contribution in [2.75, 3.05) is 11.1 Å². The Hall–Kier alpha value is -3.05. The second kappa shape index (κ2) is 11.0. The summed E-state index contributed by atoms with van der Waals surface area (Å²) in [5, 5.41) is 5.95. The molecule has 0 aliphatic heterocycles. The summed E-state index contributed by atoms with van der Waals surface area (Å²) < 4.78 is 0. The lowest BCUT2D eigenvalue weighted by Gasteiger charge is -2.24. The van der Waals surface area contributed by atoms with Crippen molar-refractivity contribution in [1.29, 1.82) is 0 Å². The molecule has 0 bridgehead atoms. The van der Waals surface area contributed by atoms with Gasteiger partial charge in [-0.05, 0) is 60.6 Å². The van der Waals surface area contributed by atoms with Crippen molar-refractivity contribution in [3.8, 4) is 0 Å². The Kier molecular flexibility index (Phi) is 8.12. The monoisotopic (exact) mass is 446 g/mol. The summed E-state index contributed by atoms with van der Waals surface area (Å²) in [4.78, 5) is 26.4. The van der Waals surface area contributed by atoms with Gasteiger partial charge in [0.25, 0.3) is 0 Å². The molecular formula is C27H30N2O2S. The molecule has 0 heterocycles. The summed E-state index contributed by atoms with van der Waals surface area (Å²) in [7, 11) is 0. The third-order valence-corrected chi connectivity index (χ3v) is 6.25. The van der Waals surface area contributed by atoms with E-state index < -0.39 is 5.41 Å². The van der Waals surface area contributed by atoms with Gasteiger partial charge in [-0.15, -0.1) is 11.8 Å². The summed E-state index contributed by atoms with van der Waals surface area (Å²) in [5.74, 6) is 0.928. The molecule has 0 spiro atoms. The van der Waals surface area contributed by atoms with E-state index in [1.165, 1.54) is 4.90 Å². The Morgan fingerprint density at radius 2 is 1.50 bits per heavy atom. The van der Waals surface area contributed by atoms with E-state index in [0.717, 1.165) is 28.1 Å². The summed E-state index contributed by atoms with van der Waals surface area (Å²) in [6.07, 6.45) is 0.326. The number of nitrogens with one attached hydrogen (secondary N) is 2. The normalized spacial score (nSPS) is 11.1. The highest BCUT2D eigenvalue weighted by Gasteiger charge is 2.29. The van der Waals surface area contributed by atoms with Gasteiger partial charge in [0.05, 0.1) is 11.8 Å². The Morgan fingerprint density at radius 3 is 2.12 bits per heavy atom. The van der Waals surface area contributed by atoms with Crippen LogP contribution in [-0.2, 0) is 28.0 Å². The highest BCUT2D eigenvalue weighted by Crippen LogP contribution is 2.25. The maximum atomic E-state index is 12.8. The first-order valence-corrected chi connectivity index (χ1v) is 11.8. The lowest BCUT2D eigenvalue weighted by molar-refractivity contribution is -0.125. The summed E-state index contributed by atoms with van der Waals surface area (Å²) in [6.45, 7) is 6.42. The van der Waals surface area contributed by atoms with Crippen LogP contribution < -0.4 is 10.6 Å². The third kappa shape index (κ3) is 6.47. The summed E-state index contributed by atoms with van der Waals surface area (Å²) in [6, 6.07) is 25.4. The van der Waals surface area contributed by atoms with Crippen molar-refractivity contribution in [2.45, 2.75) is 44.0 Å². The fourth-order valence-electron chi connectivity index (χ4n) is 3.36. The molecule has 3 aromatic rings. The zero-order valence-corrected chi connectivity index (χ0v) is 19.7. The molecule has 3 rings (SSSR count). The van der Waals surface area contributed by atoms with Gasteiger partial charge in [-0.25, -0.2) is 0 Å². The second-order valence-electron chi connectivity index (χ2n) is 8.17. The Balaban J connectivity index is 1.55. The number of hydrogen-bond acceptors (Lipinski definition) is 3. The zero-order chi connectivity index (χ0) is 23.0. The number of carbonyl (C=O) groups excluding carboxylic acids is 2. The van der Waals surface area contributed by atoms with E-state index >= 15 is 0 Å². The van der Waals surface area contributed by atoms with Crippen LogP contribution in [0.3, 0.4) is 0 Å². The van der Waals surface area contributed by atoms with Crippen LogP contribution >= 0.6 is 11.8 Å². The van der Waals surface area contributed by atoms with E-state index in [0.29, 0.717) is 13.0 Å². The molecule has 0 aliphatic rings. The van der Waals surface area contributed by atoms with Crippen LogP contribution in [0.4, 0.5) is 5.69 Å². The van der Waals surface area contributed by atoms with E-state index in [2.05, 4.69) is 29.7 Å². The lowest BCUT2D eigenvalue weighted by Crippen LogP contribution is -2.39. The van der Waals surface area contributed by atoms with Crippen LogP contribution in [-0.4, -0.2) is 17.6 Å². The molecule has 2 amide bonds. The van der Waals surface area contributed by atoms with Gasteiger partial charge in [0.15, 0.2) is 0 Å². The first-order valence-electron chi connectivity index (χ1n) is 10.8. The van der Waals surface area contributed by atoms with E-state index in [9.17, 15) is 9.59 Å². The average molecular weight is 447 g/mol. The molecule has 0 radical (unpaired) electrons. The first-order chi connectivity index (χ1) is 15.4. The molecule has 2 N–H and O–H groups in total. The average Bonchev–Trinajstić information content (AvgIpc) is 2.80. The number of hydrogen-bond donors (Lipinski definition) is 2. The molecular weight excluding hydrogens is 416 g/mol. The van der Waals surface area contributed by atoms with Crippen molar-refractivity contribution in [3.05, 3.63) is 95.6 Å². The van der Waals surface area contributed by atoms with Crippen molar-refractivity contribution < 1.29 is 9.59 Å². The minimum atomic E-state index is -0.685. The Morgan fingerprint density at radius 1 is 0.844 bits per heavy atom. The van der Waals surface area contributed by atoms with Gasteiger partial charge in [-0.2, -0.15) is 0 Å². The Bertz CT molecular complexity index is 1030. The molecule has 0 unspecified atom stereocenters. The number of anilines is 1. The van der Waals surface area contributed by atoms with Gasteiger partial charge in [0, 0.05) is 17.1 Å². The molecule has 0 fully saturated rings. The fraction of sp³-hybridized carbons (Fsp3) is 0.259. The maximum Gasteiger partial charge on any atom is 0.230 e. The van der Waals surface area contributed by atoms with E-state index in [-0.39, 0.29) is 11.8 Å². The highest BCUT2D eigenvalue weighted by atomic mass is 32.2. The Labute approximate surface area is 194 Å². The molecule has 3 aromatic carbocycles. The van der Waals surface area contributed by atoms with E-state index in [1.54, 1.807) is 11.8 Å². The van der Waals surface area contributed by atoms with Crippen LogP contribution in [0.15, 0.2) is 83.8 Å². The number of amides is 2. The lowest BCUT2D eigenvalue weighted by atomic mass is 9.83. The first kappa shape index (κ1) is 23.6. The van der Waals surface area contributed by atoms with Gasteiger partial charge in [0.2, 0.25) is 11.8 Å². The predicted octanol–water partition coefficient (Wildman–Crippen LogP) is 5.57. The minimum Gasteiger partial charge on any atom is -0.351 e. The quantitative estimate of drug-likeness (QED) is 0.422. The third-order valence-electron chi connectivity index (χ3n) is 5.35. The minimum absolute atomic E-state index is 0.0391. The van der Waals surface area contributed by atoms with E-state index in [4.69, 9.17) is 0 Å². The van der Waals surface area contributed by atoms with Crippen LogP contribution in [0.2, 0.25) is 0 Å². The van der Waals surface area contributed by atoms with Crippen molar-refractivity contribution in [3.63, 3.8) is 0 Å². The van der Waals surface area contributed by atoms with Crippen molar-refractivity contribution in [2.24, 2.45) is 0 Å². The maximum absolute atomic E-state index is 12.8. The molecule has 0 saturated heterocycles. The van der Waals surface area contributed by atoms with Crippen LogP contribution in [0.25, 0.3) is 0 Å². The molecule has 0 aromatic heterocycles. The molecule has 5 heteroatoms. The number of rotatable bonds is 9. The zero-order valence-electron chi connectivity index (χ0n) is 18.9. The molecule has 0 saturated carbocycles. The number of thioether (sulfide) groups is 1. The summed E-state index contributed by atoms with van der Waals surface area (Å²) in [5.41, 5.74) is 2.97. The topological polar surface area (TPSA) is 58.2 Å². The van der Waals surface area contributed by atoms with Crippen LogP contribution in [0.1, 0.15) is 37.5 Å². The summed E-state index contributed by atoms with van der Waals surface area (Å²) >= 11 is 1.78. The van der Waals surface area contributed by atoms with Crippen LogP contribution in [0.5, 0.6) is 0 Å². The van der Waals surface area contributed by atoms with Gasteiger partial charge in [-0.3, -0.25) is 9.59 Å². The van der Waals surface area contributed by atoms with Crippen LogP contribution in [0, 0.1) is 0 Å². The smallest absolute Gasteiger partial charge is 0.230 e. The van der Waals surface area contributed by atoms with Crippen molar-refractivity contribution >= 4 is 29.3 Å². The highest BCUT2D eigenvalue weighted by molar-refractivity contribution is 7.99. The fourth-order valence-corrected chi connectivity index (χ4v) is 4.02. The second-order valence-corrected chi connectivity index (χ2v) is 9.51. The number of benzene rings is 3. The molecule has 166 valence electrons. The van der Waals surface area contributed by atoms with Crippen molar-refractivity contribution in [1.82, 2.24) is 5.32 Å². The molecule has 32 heavy (non-hydrogen) atoms. The van der Waals surface area contributed by atoms with Gasteiger partial charge >= 0.3 is 0 Å². The number of carbonyl (C=O) groups is 2. The van der Waals surface area contributed by atoms with Gasteiger partial charge in [0.1, 0.15) is 0 Å². The SMILES string of the molecule is CCSc1ccc(CC(=O)Nc2ccc(C(C)(C)C(=O)NCc3ccccc3)cc2)cc1.